The third-order valence-electron chi connectivity index (χ3n) is 3.78. The highest BCUT2D eigenvalue weighted by Crippen LogP contribution is 2.26. The lowest BCUT2D eigenvalue weighted by Crippen LogP contribution is -2.15. The molecule has 0 saturated carbocycles. The Balaban J connectivity index is 1.63. The third-order valence-corrected chi connectivity index (χ3v) is 4.60. The number of carbonyl (C=O) groups is 1. The molecule has 2 aromatic carbocycles. The van der Waals surface area contributed by atoms with Gasteiger partial charge in [0, 0.05) is 5.69 Å². The van der Waals surface area contributed by atoms with Crippen LogP contribution >= 0.6 is 11.8 Å². The number of aryl methyl sites for hydroxylation is 3. The maximum atomic E-state index is 13.7. The van der Waals surface area contributed by atoms with E-state index in [4.69, 9.17) is 4.42 Å². The van der Waals surface area contributed by atoms with Crippen molar-refractivity contribution in [3.05, 3.63) is 58.9 Å². The topological polar surface area (TPSA) is 68.0 Å². The fourth-order valence-electron chi connectivity index (χ4n) is 2.69. The van der Waals surface area contributed by atoms with E-state index in [9.17, 15) is 9.18 Å². The molecule has 0 aliphatic rings. The van der Waals surface area contributed by atoms with Gasteiger partial charge in [0.25, 0.3) is 11.1 Å². The summed E-state index contributed by atoms with van der Waals surface area (Å²) in [4.78, 5) is 12.2. The van der Waals surface area contributed by atoms with E-state index in [1.54, 1.807) is 18.2 Å². The van der Waals surface area contributed by atoms with E-state index in [0.717, 1.165) is 34.1 Å². The average Bonchev–Trinajstić information content (AvgIpc) is 3.05. The van der Waals surface area contributed by atoms with Gasteiger partial charge in [0.2, 0.25) is 5.91 Å². The van der Waals surface area contributed by atoms with Crippen molar-refractivity contribution in [3.8, 4) is 11.5 Å². The summed E-state index contributed by atoms with van der Waals surface area (Å²) in [7, 11) is 0. The van der Waals surface area contributed by atoms with Gasteiger partial charge < -0.3 is 9.73 Å². The number of halogens is 1. The molecule has 134 valence electrons. The van der Waals surface area contributed by atoms with Gasteiger partial charge in [0.05, 0.1) is 11.3 Å². The quantitative estimate of drug-likeness (QED) is 0.667. The molecule has 5 nitrogen and oxygen atoms in total. The predicted octanol–water partition coefficient (Wildman–Crippen LogP) is 4.53. The Bertz CT molecular complexity index is 932. The van der Waals surface area contributed by atoms with Crippen molar-refractivity contribution in [2.24, 2.45) is 0 Å². The first-order chi connectivity index (χ1) is 12.4. The highest BCUT2D eigenvalue weighted by atomic mass is 32.2. The third kappa shape index (κ3) is 4.11. The first kappa shape index (κ1) is 18.1. The van der Waals surface area contributed by atoms with Crippen LogP contribution in [0, 0.1) is 26.6 Å². The van der Waals surface area contributed by atoms with E-state index in [1.165, 1.54) is 6.07 Å². The van der Waals surface area contributed by atoms with Crippen LogP contribution in [-0.2, 0) is 4.79 Å². The van der Waals surface area contributed by atoms with Gasteiger partial charge in [0.15, 0.2) is 0 Å². The van der Waals surface area contributed by atoms with E-state index in [0.29, 0.717) is 0 Å². The molecule has 0 aliphatic heterocycles. The molecule has 0 radical (unpaired) electrons. The average molecular weight is 371 g/mol. The number of hydrogen-bond acceptors (Lipinski definition) is 5. The number of benzene rings is 2. The van der Waals surface area contributed by atoms with Crippen molar-refractivity contribution >= 4 is 23.4 Å². The van der Waals surface area contributed by atoms with E-state index < -0.39 is 5.82 Å². The Kier molecular flexibility index (Phi) is 5.37. The Morgan fingerprint density at radius 3 is 2.54 bits per heavy atom. The largest absolute Gasteiger partial charge is 0.411 e. The SMILES string of the molecule is Cc1cc(C)c(NC(=O)CSc2nnc(-c3ccccc3F)o2)c(C)c1. The van der Waals surface area contributed by atoms with E-state index in [1.807, 2.05) is 32.9 Å². The van der Waals surface area contributed by atoms with Gasteiger partial charge in [-0.3, -0.25) is 4.79 Å². The highest BCUT2D eigenvalue weighted by molar-refractivity contribution is 7.99. The summed E-state index contributed by atoms with van der Waals surface area (Å²) in [5.41, 5.74) is 4.24. The second kappa shape index (κ2) is 7.70. The number of carbonyl (C=O) groups excluding carboxylic acids is 1. The molecule has 3 rings (SSSR count). The summed E-state index contributed by atoms with van der Waals surface area (Å²) in [5.74, 6) is -0.395. The summed E-state index contributed by atoms with van der Waals surface area (Å²) in [5, 5.41) is 10.8. The fraction of sp³-hybridized carbons (Fsp3) is 0.211. The number of nitrogens with one attached hydrogen (secondary N) is 1. The van der Waals surface area contributed by atoms with Gasteiger partial charge in [-0.1, -0.05) is 41.6 Å². The van der Waals surface area contributed by atoms with Crippen LogP contribution < -0.4 is 5.32 Å². The Morgan fingerprint density at radius 2 is 1.85 bits per heavy atom. The van der Waals surface area contributed by atoms with Crippen LogP contribution in [0.3, 0.4) is 0 Å². The van der Waals surface area contributed by atoms with Gasteiger partial charge >= 0.3 is 0 Å². The number of nitrogens with zero attached hydrogens (tertiary/aromatic N) is 2. The standard InChI is InChI=1S/C19H18FN3O2S/c1-11-8-12(2)17(13(3)9-11)21-16(24)10-26-19-23-22-18(25-19)14-6-4-5-7-15(14)20/h4-9H,10H2,1-3H3,(H,21,24). The zero-order chi connectivity index (χ0) is 18.7. The number of aromatic nitrogens is 2. The minimum atomic E-state index is -0.434. The molecule has 1 amide bonds. The molecule has 0 atom stereocenters. The van der Waals surface area contributed by atoms with Crippen molar-refractivity contribution in [3.63, 3.8) is 0 Å². The monoisotopic (exact) mass is 371 g/mol. The minimum absolute atomic E-state index is 0.0937. The summed E-state index contributed by atoms with van der Waals surface area (Å²) < 4.78 is 19.2. The molecule has 0 saturated heterocycles. The summed E-state index contributed by atoms with van der Waals surface area (Å²) in [6.45, 7) is 5.94. The number of amides is 1. The van der Waals surface area contributed by atoms with Crippen molar-refractivity contribution in [2.45, 2.75) is 26.0 Å². The lowest BCUT2D eigenvalue weighted by atomic mass is 10.1. The predicted molar refractivity (Wildman–Crippen MR) is 99.7 cm³/mol. The molecule has 0 fully saturated rings. The molecule has 3 aromatic rings. The molecular weight excluding hydrogens is 353 g/mol. The molecule has 1 N–H and O–H groups in total. The Hall–Kier alpha value is -2.67. The molecule has 0 aliphatic carbocycles. The van der Waals surface area contributed by atoms with Crippen LogP contribution in [0.25, 0.3) is 11.5 Å². The maximum Gasteiger partial charge on any atom is 0.277 e. The number of thioether (sulfide) groups is 1. The van der Waals surface area contributed by atoms with Gasteiger partial charge in [-0.25, -0.2) is 4.39 Å². The molecule has 7 heteroatoms. The number of anilines is 1. The minimum Gasteiger partial charge on any atom is -0.411 e. The van der Waals surface area contributed by atoms with Crippen LogP contribution in [0.4, 0.5) is 10.1 Å². The molecule has 1 aromatic heterocycles. The van der Waals surface area contributed by atoms with E-state index >= 15 is 0 Å². The Morgan fingerprint density at radius 1 is 1.15 bits per heavy atom. The smallest absolute Gasteiger partial charge is 0.277 e. The van der Waals surface area contributed by atoms with E-state index in [-0.39, 0.29) is 28.3 Å². The first-order valence-electron chi connectivity index (χ1n) is 8.03. The lowest BCUT2D eigenvalue weighted by Gasteiger charge is -2.12. The Labute approximate surface area is 155 Å². The fourth-order valence-corrected chi connectivity index (χ4v) is 3.25. The van der Waals surface area contributed by atoms with E-state index in [2.05, 4.69) is 15.5 Å². The maximum absolute atomic E-state index is 13.7. The number of hydrogen-bond donors (Lipinski definition) is 1. The highest BCUT2D eigenvalue weighted by Gasteiger charge is 2.15. The zero-order valence-electron chi connectivity index (χ0n) is 14.7. The van der Waals surface area contributed by atoms with Crippen molar-refractivity contribution in [1.82, 2.24) is 10.2 Å². The second-order valence-electron chi connectivity index (χ2n) is 5.96. The van der Waals surface area contributed by atoms with Gasteiger partial charge in [-0.05, 0) is 44.0 Å². The number of rotatable bonds is 5. The van der Waals surface area contributed by atoms with Gasteiger partial charge in [0.1, 0.15) is 5.82 Å². The normalized spacial score (nSPS) is 10.8. The van der Waals surface area contributed by atoms with Crippen LogP contribution in [0.5, 0.6) is 0 Å². The summed E-state index contributed by atoms with van der Waals surface area (Å²) in [6, 6.07) is 10.2. The van der Waals surface area contributed by atoms with Crippen LogP contribution in [0.15, 0.2) is 46.0 Å². The first-order valence-corrected chi connectivity index (χ1v) is 9.01. The molecule has 26 heavy (non-hydrogen) atoms. The van der Waals surface area contributed by atoms with Crippen molar-refractivity contribution in [1.29, 1.82) is 0 Å². The van der Waals surface area contributed by atoms with Gasteiger partial charge in [-0.2, -0.15) is 0 Å². The van der Waals surface area contributed by atoms with Crippen molar-refractivity contribution < 1.29 is 13.6 Å². The zero-order valence-corrected chi connectivity index (χ0v) is 15.5. The molecule has 0 unspecified atom stereocenters. The van der Waals surface area contributed by atoms with Crippen LogP contribution in [0.2, 0.25) is 0 Å². The van der Waals surface area contributed by atoms with Crippen molar-refractivity contribution in [2.75, 3.05) is 11.1 Å². The lowest BCUT2D eigenvalue weighted by molar-refractivity contribution is -0.113. The summed E-state index contributed by atoms with van der Waals surface area (Å²) >= 11 is 1.11. The second-order valence-corrected chi connectivity index (χ2v) is 6.89. The molecular formula is C19H18FN3O2S. The van der Waals surface area contributed by atoms with Gasteiger partial charge in [-0.15, -0.1) is 10.2 Å². The summed E-state index contributed by atoms with van der Waals surface area (Å²) in [6.07, 6.45) is 0. The molecule has 1 heterocycles. The molecule has 0 spiro atoms. The van der Waals surface area contributed by atoms with Crippen LogP contribution in [-0.4, -0.2) is 21.9 Å². The molecule has 0 bridgehead atoms. The van der Waals surface area contributed by atoms with Crippen LogP contribution in [0.1, 0.15) is 16.7 Å².